The first-order chi connectivity index (χ1) is 9.60. The van der Waals surface area contributed by atoms with Gasteiger partial charge in [0.2, 0.25) is 11.7 Å². The molecule has 106 valence electrons. The van der Waals surface area contributed by atoms with Crippen molar-refractivity contribution in [1.82, 2.24) is 20.2 Å². The van der Waals surface area contributed by atoms with Crippen LogP contribution in [0.15, 0.2) is 18.3 Å². The van der Waals surface area contributed by atoms with Gasteiger partial charge in [0.1, 0.15) is 5.82 Å². The molecule has 0 aliphatic carbocycles. The number of carbonyl (C=O) groups is 1. The summed E-state index contributed by atoms with van der Waals surface area (Å²) in [5, 5.41) is 9.31. The monoisotopic (exact) mass is 275 g/mol. The lowest BCUT2D eigenvalue weighted by atomic mass is 10.2. The SMILES string of the molecule is CCOc1ccc(NC(=O)c2n[nH]c(C(C)C)n2)cn1. The highest BCUT2D eigenvalue weighted by Gasteiger charge is 2.14. The van der Waals surface area contributed by atoms with Crippen LogP contribution in [0.5, 0.6) is 5.88 Å². The highest BCUT2D eigenvalue weighted by molar-refractivity contribution is 6.01. The molecule has 0 saturated carbocycles. The summed E-state index contributed by atoms with van der Waals surface area (Å²) in [4.78, 5) is 20.1. The number of nitrogens with zero attached hydrogens (tertiary/aromatic N) is 3. The molecule has 0 aliphatic heterocycles. The normalized spacial score (nSPS) is 10.6. The molecule has 0 aliphatic rings. The van der Waals surface area contributed by atoms with E-state index in [1.54, 1.807) is 12.1 Å². The third kappa shape index (κ3) is 3.31. The number of aromatic amines is 1. The number of rotatable bonds is 5. The van der Waals surface area contributed by atoms with Gasteiger partial charge in [-0.25, -0.2) is 9.97 Å². The Kier molecular flexibility index (Phi) is 4.29. The summed E-state index contributed by atoms with van der Waals surface area (Å²) in [7, 11) is 0. The standard InChI is InChI=1S/C13H17N5O2/c1-4-20-10-6-5-9(7-14-10)15-13(19)12-16-11(8(2)3)17-18-12/h5-8H,4H2,1-3H3,(H,15,19)(H,16,17,18). The van der Waals surface area contributed by atoms with Gasteiger partial charge < -0.3 is 10.1 Å². The van der Waals surface area contributed by atoms with E-state index in [9.17, 15) is 4.79 Å². The minimum atomic E-state index is -0.376. The molecule has 2 N–H and O–H groups in total. The first-order valence-electron chi connectivity index (χ1n) is 6.42. The van der Waals surface area contributed by atoms with Gasteiger partial charge in [-0.2, -0.15) is 0 Å². The van der Waals surface area contributed by atoms with E-state index in [1.165, 1.54) is 6.20 Å². The number of pyridine rings is 1. The van der Waals surface area contributed by atoms with Crippen molar-refractivity contribution in [2.45, 2.75) is 26.7 Å². The van der Waals surface area contributed by atoms with E-state index < -0.39 is 0 Å². The molecule has 2 rings (SSSR count). The Morgan fingerprint density at radius 2 is 2.25 bits per heavy atom. The highest BCUT2D eigenvalue weighted by atomic mass is 16.5. The molecule has 0 radical (unpaired) electrons. The Bertz CT molecular complexity index is 577. The number of anilines is 1. The van der Waals surface area contributed by atoms with Gasteiger partial charge >= 0.3 is 0 Å². The highest BCUT2D eigenvalue weighted by Crippen LogP contribution is 2.13. The van der Waals surface area contributed by atoms with Crippen molar-refractivity contribution < 1.29 is 9.53 Å². The van der Waals surface area contributed by atoms with Crippen LogP contribution in [0.4, 0.5) is 5.69 Å². The van der Waals surface area contributed by atoms with E-state index in [1.807, 2.05) is 20.8 Å². The van der Waals surface area contributed by atoms with Crippen molar-refractivity contribution in [1.29, 1.82) is 0 Å². The van der Waals surface area contributed by atoms with E-state index in [0.29, 0.717) is 24.0 Å². The first kappa shape index (κ1) is 14.0. The molecule has 2 aromatic rings. The second kappa shape index (κ2) is 6.14. The van der Waals surface area contributed by atoms with Crippen molar-refractivity contribution in [3.05, 3.63) is 30.0 Å². The fourth-order valence-corrected chi connectivity index (χ4v) is 1.51. The number of H-pyrrole nitrogens is 1. The van der Waals surface area contributed by atoms with Crippen LogP contribution < -0.4 is 10.1 Å². The Labute approximate surface area is 116 Å². The molecule has 0 bridgehead atoms. The van der Waals surface area contributed by atoms with Crippen LogP contribution in [0.25, 0.3) is 0 Å². The molecule has 2 heterocycles. The molecule has 20 heavy (non-hydrogen) atoms. The predicted molar refractivity (Wildman–Crippen MR) is 73.8 cm³/mol. The number of amides is 1. The van der Waals surface area contributed by atoms with E-state index in [0.717, 1.165) is 0 Å². The zero-order chi connectivity index (χ0) is 14.5. The zero-order valence-electron chi connectivity index (χ0n) is 11.7. The fourth-order valence-electron chi connectivity index (χ4n) is 1.51. The summed E-state index contributed by atoms with van der Waals surface area (Å²) in [5.41, 5.74) is 0.564. The largest absolute Gasteiger partial charge is 0.478 e. The lowest BCUT2D eigenvalue weighted by molar-refractivity contribution is 0.101. The number of aromatic nitrogens is 4. The van der Waals surface area contributed by atoms with Crippen molar-refractivity contribution in [2.75, 3.05) is 11.9 Å². The number of hydrogen-bond acceptors (Lipinski definition) is 5. The third-order valence-corrected chi connectivity index (χ3v) is 2.54. The molecule has 7 heteroatoms. The minimum Gasteiger partial charge on any atom is -0.478 e. The maximum atomic E-state index is 11.9. The number of nitrogens with one attached hydrogen (secondary N) is 2. The van der Waals surface area contributed by atoms with Crippen LogP contribution in [0.1, 0.15) is 43.1 Å². The van der Waals surface area contributed by atoms with Gasteiger partial charge in [-0.05, 0) is 13.0 Å². The summed E-state index contributed by atoms with van der Waals surface area (Å²) in [6.07, 6.45) is 1.53. The zero-order valence-corrected chi connectivity index (χ0v) is 11.7. The average Bonchev–Trinajstić information content (AvgIpc) is 2.91. The maximum absolute atomic E-state index is 11.9. The molecule has 0 spiro atoms. The number of hydrogen-bond donors (Lipinski definition) is 2. The molecular formula is C13H17N5O2. The van der Waals surface area contributed by atoms with Gasteiger partial charge in [0, 0.05) is 12.0 Å². The molecule has 0 aromatic carbocycles. The van der Waals surface area contributed by atoms with Crippen molar-refractivity contribution in [3.63, 3.8) is 0 Å². The smallest absolute Gasteiger partial charge is 0.295 e. The molecule has 1 amide bonds. The Hall–Kier alpha value is -2.44. The first-order valence-corrected chi connectivity index (χ1v) is 6.42. The lowest BCUT2D eigenvalue weighted by Crippen LogP contribution is -2.14. The fraction of sp³-hybridized carbons (Fsp3) is 0.385. The Balaban J connectivity index is 2.03. The molecule has 0 atom stereocenters. The van der Waals surface area contributed by atoms with Gasteiger partial charge in [-0.3, -0.25) is 9.89 Å². The molecule has 7 nitrogen and oxygen atoms in total. The van der Waals surface area contributed by atoms with Crippen molar-refractivity contribution in [3.8, 4) is 5.88 Å². The van der Waals surface area contributed by atoms with E-state index in [4.69, 9.17) is 4.74 Å². The molecular weight excluding hydrogens is 258 g/mol. The van der Waals surface area contributed by atoms with E-state index in [2.05, 4.69) is 25.5 Å². The lowest BCUT2D eigenvalue weighted by Gasteiger charge is -2.04. The maximum Gasteiger partial charge on any atom is 0.295 e. The number of ether oxygens (including phenoxy) is 1. The van der Waals surface area contributed by atoms with Crippen molar-refractivity contribution >= 4 is 11.6 Å². The second-order valence-electron chi connectivity index (χ2n) is 4.47. The molecule has 0 fully saturated rings. The quantitative estimate of drug-likeness (QED) is 0.870. The van der Waals surface area contributed by atoms with Gasteiger partial charge in [0.15, 0.2) is 0 Å². The third-order valence-electron chi connectivity index (χ3n) is 2.54. The van der Waals surface area contributed by atoms with E-state index in [-0.39, 0.29) is 17.6 Å². The van der Waals surface area contributed by atoms with E-state index >= 15 is 0 Å². The molecule has 0 unspecified atom stereocenters. The van der Waals surface area contributed by atoms with Gasteiger partial charge in [0.25, 0.3) is 5.91 Å². The summed E-state index contributed by atoms with van der Waals surface area (Å²) in [5.74, 6) is 1.13. The summed E-state index contributed by atoms with van der Waals surface area (Å²) in [6.45, 7) is 6.37. The van der Waals surface area contributed by atoms with Crippen LogP contribution in [0, 0.1) is 0 Å². The summed E-state index contributed by atoms with van der Waals surface area (Å²) in [6, 6.07) is 3.41. The van der Waals surface area contributed by atoms with Crippen LogP contribution in [-0.2, 0) is 0 Å². The molecule has 0 saturated heterocycles. The van der Waals surface area contributed by atoms with Crippen LogP contribution in [0.3, 0.4) is 0 Å². The van der Waals surface area contributed by atoms with Gasteiger partial charge in [-0.15, -0.1) is 5.10 Å². The van der Waals surface area contributed by atoms with Crippen LogP contribution in [0.2, 0.25) is 0 Å². The Morgan fingerprint density at radius 1 is 1.45 bits per heavy atom. The van der Waals surface area contributed by atoms with Gasteiger partial charge in [0.05, 0.1) is 18.5 Å². The number of carbonyl (C=O) groups excluding carboxylic acids is 1. The predicted octanol–water partition coefficient (Wildman–Crippen LogP) is 1.97. The topological polar surface area (TPSA) is 92.8 Å². The van der Waals surface area contributed by atoms with Gasteiger partial charge in [-0.1, -0.05) is 13.8 Å². The second-order valence-corrected chi connectivity index (χ2v) is 4.47. The average molecular weight is 275 g/mol. The summed E-state index contributed by atoms with van der Waals surface area (Å²) >= 11 is 0. The van der Waals surface area contributed by atoms with Crippen LogP contribution >= 0.6 is 0 Å². The Morgan fingerprint density at radius 3 is 2.80 bits per heavy atom. The summed E-state index contributed by atoms with van der Waals surface area (Å²) < 4.78 is 5.23. The molecule has 2 aromatic heterocycles. The minimum absolute atomic E-state index is 0.114. The van der Waals surface area contributed by atoms with Crippen LogP contribution in [-0.4, -0.2) is 32.7 Å². The van der Waals surface area contributed by atoms with Crippen molar-refractivity contribution in [2.24, 2.45) is 0 Å².